The molecule has 0 aliphatic rings. The first kappa shape index (κ1) is 23.2. The quantitative estimate of drug-likeness (QED) is 0.374. The molecule has 0 N–H and O–H groups in total. The van der Waals surface area contributed by atoms with E-state index < -0.39 is 21.1 Å². The fraction of sp³-hybridized carbons (Fsp3) is 0.429. The minimum Gasteiger partial charge on any atom is -0.277 e. The molecule has 10 heteroatoms. The molecule has 0 aliphatic carbocycles. The highest BCUT2D eigenvalue weighted by atomic mass is 32.2. The molecule has 8 nitrogen and oxygen atoms in total. The summed E-state index contributed by atoms with van der Waals surface area (Å²) < 4.78 is 27.8. The van der Waals surface area contributed by atoms with Gasteiger partial charge in [-0.15, -0.1) is 11.8 Å². The lowest BCUT2D eigenvalue weighted by atomic mass is 10.2. The average molecular weight is 463 g/mol. The van der Waals surface area contributed by atoms with Gasteiger partial charge in [0.2, 0.25) is 0 Å². The van der Waals surface area contributed by atoms with Crippen LogP contribution in [0.25, 0.3) is 11.0 Å². The smallest absolute Gasteiger partial charge is 0.277 e. The van der Waals surface area contributed by atoms with Gasteiger partial charge in [-0.25, -0.2) is 23.2 Å². The van der Waals surface area contributed by atoms with E-state index in [0.29, 0.717) is 29.5 Å². The monoisotopic (exact) mass is 462 g/mol. The molecular formula is C21H26N4O4S2. The van der Waals surface area contributed by atoms with E-state index >= 15 is 0 Å². The number of benzene rings is 1. The van der Waals surface area contributed by atoms with Crippen molar-refractivity contribution in [3.63, 3.8) is 0 Å². The Kier molecular flexibility index (Phi) is 7.00. The van der Waals surface area contributed by atoms with Crippen LogP contribution in [0.15, 0.2) is 49.8 Å². The predicted octanol–water partition coefficient (Wildman–Crippen LogP) is 2.59. The number of hydrogen-bond acceptors (Lipinski definition) is 7. The summed E-state index contributed by atoms with van der Waals surface area (Å²) in [7, 11) is -2.02. The summed E-state index contributed by atoms with van der Waals surface area (Å²) in [5, 5.41) is 0.657. The fourth-order valence-corrected chi connectivity index (χ4v) is 5.83. The van der Waals surface area contributed by atoms with Crippen molar-refractivity contribution in [2.75, 3.05) is 11.5 Å². The van der Waals surface area contributed by atoms with Gasteiger partial charge in [-0.2, -0.15) is 0 Å². The number of aromatic nitrogens is 4. The van der Waals surface area contributed by atoms with Gasteiger partial charge < -0.3 is 0 Å². The minimum atomic E-state index is -3.45. The highest BCUT2D eigenvalue weighted by Gasteiger charge is 2.21. The Morgan fingerprint density at radius 2 is 1.77 bits per heavy atom. The molecule has 0 spiro atoms. The maximum Gasteiger partial charge on any atom is 0.332 e. The second-order valence-electron chi connectivity index (χ2n) is 7.52. The molecule has 0 saturated heterocycles. The van der Waals surface area contributed by atoms with Crippen molar-refractivity contribution in [1.29, 1.82) is 0 Å². The third-order valence-corrected chi connectivity index (χ3v) is 7.79. The highest BCUT2D eigenvalue weighted by Crippen LogP contribution is 2.25. The van der Waals surface area contributed by atoms with Crippen LogP contribution in [0.1, 0.15) is 38.9 Å². The lowest BCUT2D eigenvalue weighted by molar-refractivity contribution is 0.597. The molecule has 166 valence electrons. The molecule has 0 saturated carbocycles. The van der Waals surface area contributed by atoms with Crippen LogP contribution in [-0.2, 0) is 23.4 Å². The van der Waals surface area contributed by atoms with E-state index in [1.807, 2.05) is 20.8 Å². The molecule has 0 atom stereocenters. The number of sulfone groups is 1. The van der Waals surface area contributed by atoms with Crippen LogP contribution in [0.3, 0.4) is 0 Å². The number of fused-ring (bicyclic) bond motifs is 1. The minimum absolute atomic E-state index is 0.0222. The second-order valence-corrected chi connectivity index (χ2v) is 10.7. The van der Waals surface area contributed by atoms with Crippen LogP contribution in [0.5, 0.6) is 0 Å². The number of thioether (sulfide) groups is 1. The van der Waals surface area contributed by atoms with Crippen molar-refractivity contribution in [2.45, 2.75) is 49.6 Å². The van der Waals surface area contributed by atoms with Crippen molar-refractivity contribution >= 4 is 32.6 Å². The van der Waals surface area contributed by atoms with Crippen LogP contribution >= 0.6 is 11.8 Å². The summed E-state index contributed by atoms with van der Waals surface area (Å²) in [5.41, 5.74) is -0.589. The second kappa shape index (κ2) is 9.35. The summed E-state index contributed by atoms with van der Waals surface area (Å²) in [5.74, 6) is 0.611. The van der Waals surface area contributed by atoms with E-state index in [1.165, 1.54) is 23.4 Å². The van der Waals surface area contributed by atoms with Gasteiger partial charge in [0.15, 0.2) is 15.5 Å². The van der Waals surface area contributed by atoms with Gasteiger partial charge in [0.05, 0.1) is 10.6 Å². The molecule has 2 heterocycles. The van der Waals surface area contributed by atoms with Gasteiger partial charge in [-0.3, -0.25) is 13.9 Å². The van der Waals surface area contributed by atoms with Crippen molar-refractivity contribution in [1.82, 2.24) is 19.1 Å². The molecule has 1 aromatic carbocycles. The van der Waals surface area contributed by atoms with Gasteiger partial charge in [0.25, 0.3) is 5.56 Å². The lowest BCUT2D eigenvalue weighted by Crippen LogP contribution is -2.39. The highest BCUT2D eigenvalue weighted by molar-refractivity contribution is 8.00. The normalized spacial score (nSPS) is 12.0. The summed E-state index contributed by atoms with van der Waals surface area (Å²) in [6.07, 6.45) is 0.700. The van der Waals surface area contributed by atoms with Gasteiger partial charge in [-0.05, 0) is 18.6 Å². The van der Waals surface area contributed by atoms with E-state index in [1.54, 1.807) is 30.3 Å². The average Bonchev–Trinajstić information content (AvgIpc) is 2.75. The zero-order chi connectivity index (χ0) is 22.8. The van der Waals surface area contributed by atoms with E-state index in [2.05, 4.69) is 9.97 Å². The van der Waals surface area contributed by atoms with Gasteiger partial charge >= 0.3 is 5.69 Å². The Hall–Kier alpha value is -2.46. The largest absolute Gasteiger partial charge is 0.332 e. The molecule has 0 fully saturated rings. The van der Waals surface area contributed by atoms with Crippen LogP contribution in [-0.4, -0.2) is 39.0 Å². The molecule has 3 aromatic rings. The van der Waals surface area contributed by atoms with E-state index in [4.69, 9.17) is 0 Å². The SMILES string of the molecule is CCCn1c(=O)n(C)c(=O)c2c(SCCS(=O)(=O)c3ccccc3)nc(C(C)C)nc21. The Morgan fingerprint density at radius 3 is 2.39 bits per heavy atom. The first-order valence-electron chi connectivity index (χ1n) is 10.1. The molecule has 0 bridgehead atoms. The summed E-state index contributed by atoms with van der Waals surface area (Å²) in [6.45, 7) is 6.22. The van der Waals surface area contributed by atoms with Crippen molar-refractivity contribution in [3.05, 3.63) is 57.0 Å². The lowest BCUT2D eigenvalue weighted by Gasteiger charge is -2.15. The van der Waals surface area contributed by atoms with Crippen LogP contribution in [0.4, 0.5) is 0 Å². The van der Waals surface area contributed by atoms with Gasteiger partial charge in [-0.1, -0.05) is 39.0 Å². The predicted molar refractivity (Wildman–Crippen MR) is 123 cm³/mol. The maximum absolute atomic E-state index is 12.9. The molecule has 0 amide bonds. The molecule has 0 radical (unpaired) electrons. The van der Waals surface area contributed by atoms with Gasteiger partial charge in [0, 0.05) is 25.3 Å². The molecule has 3 rings (SSSR count). The Labute approximate surface area is 185 Å². The number of aryl methyl sites for hydroxylation is 1. The summed E-state index contributed by atoms with van der Waals surface area (Å²) in [4.78, 5) is 34.9. The molecular weight excluding hydrogens is 436 g/mol. The van der Waals surface area contributed by atoms with E-state index in [0.717, 1.165) is 4.57 Å². The standard InChI is InChI=1S/C21H26N4O4S2/c1-5-11-25-18-16(20(26)24(4)21(25)27)19(23-17(22-18)14(2)3)30-12-13-31(28,29)15-9-7-6-8-10-15/h6-10,14H,5,11-13H2,1-4H3. The Bertz CT molecular complexity index is 1310. The van der Waals surface area contributed by atoms with E-state index in [-0.39, 0.29) is 27.7 Å². The first-order valence-corrected chi connectivity index (χ1v) is 12.7. The Morgan fingerprint density at radius 1 is 1.10 bits per heavy atom. The molecule has 0 aliphatic heterocycles. The number of hydrogen-bond donors (Lipinski definition) is 0. The fourth-order valence-electron chi connectivity index (χ4n) is 3.14. The third-order valence-electron chi connectivity index (χ3n) is 4.82. The van der Waals surface area contributed by atoms with Crippen LogP contribution in [0.2, 0.25) is 0 Å². The van der Waals surface area contributed by atoms with Crippen molar-refractivity contribution in [2.24, 2.45) is 7.05 Å². The maximum atomic E-state index is 12.9. The van der Waals surface area contributed by atoms with E-state index in [9.17, 15) is 18.0 Å². The zero-order valence-corrected chi connectivity index (χ0v) is 19.7. The van der Waals surface area contributed by atoms with Crippen LogP contribution in [0, 0.1) is 0 Å². The molecule has 0 unspecified atom stereocenters. The number of rotatable bonds is 8. The van der Waals surface area contributed by atoms with Crippen LogP contribution < -0.4 is 11.2 Å². The molecule has 31 heavy (non-hydrogen) atoms. The zero-order valence-electron chi connectivity index (χ0n) is 18.0. The summed E-state index contributed by atoms with van der Waals surface area (Å²) in [6, 6.07) is 8.26. The molecule has 2 aromatic heterocycles. The third kappa shape index (κ3) is 4.74. The topological polar surface area (TPSA) is 104 Å². The number of nitrogens with zero attached hydrogens (tertiary/aromatic N) is 4. The first-order chi connectivity index (χ1) is 14.7. The van der Waals surface area contributed by atoms with Crippen molar-refractivity contribution < 1.29 is 8.42 Å². The van der Waals surface area contributed by atoms with Gasteiger partial charge in [0.1, 0.15) is 16.2 Å². The van der Waals surface area contributed by atoms with Crippen molar-refractivity contribution in [3.8, 4) is 0 Å². The Balaban J connectivity index is 2.07. The summed E-state index contributed by atoms with van der Waals surface area (Å²) >= 11 is 1.20.